The number of benzene rings is 1. The minimum Gasteiger partial charge on any atom is -0.497 e. The summed E-state index contributed by atoms with van der Waals surface area (Å²) in [5.74, 6) is 1.39. The number of amides is 2. The second-order valence-corrected chi connectivity index (χ2v) is 9.64. The Labute approximate surface area is 203 Å². The van der Waals surface area contributed by atoms with Crippen LogP contribution in [0.25, 0.3) is 0 Å². The lowest BCUT2D eigenvalue weighted by Gasteiger charge is -2.40. The van der Waals surface area contributed by atoms with Gasteiger partial charge in [-0.25, -0.2) is 0 Å². The molecule has 1 aliphatic carbocycles. The van der Waals surface area contributed by atoms with Crippen molar-refractivity contribution in [3.63, 3.8) is 0 Å². The van der Waals surface area contributed by atoms with Gasteiger partial charge in [-0.05, 0) is 56.0 Å². The zero-order valence-corrected chi connectivity index (χ0v) is 20.5. The van der Waals surface area contributed by atoms with Crippen LogP contribution in [0, 0.1) is 5.92 Å². The first-order valence-electron chi connectivity index (χ1n) is 12.9. The summed E-state index contributed by atoms with van der Waals surface area (Å²) in [6.45, 7) is 8.09. The van der Waals surface area contributed by atoms with E-state index < -0.39 is 0 Å². The summed E-state index contributed by atoms with van der Waals surface area (Å²) in [5, 5.41) is 3.24. The molecular weight excluding hydrogens is 432 g/mol. The van der Waals surface area contributed by atoms with E-state index in [1.807, 2.05) is 29.2 Å². The SMILES string of the molecule is COc1ccc(C(=O)N2CCN(C(C(=O)NCCCN3CCOCC3)C3CCCC3)CC2)cc1. The van der Waals surface area contributed by atoms with Gasteiger partial charge in [-0.2, -0.15) is 0 Å². The molecule has 1 atom stereocenters. The number of piperazine rings is 1. The first-order valence-corrected chi connectivity index (χ1v) is 12.9. The number of hydrogen-bond donors (Lipinski definition) is 1. The van der Waals surface area contributed by atoms with Crippen LogP contribution in [0.15, 0.2) is 24.3 Å². The molecule has 2 heterocycles. The fourth-order valence-corrected chi connectivity index (χ4v) is 5.51. The van der Waals surface area contributed by atoms with Gasteiger partial charge in [0.2, 0.25) is 5.91 Å². The second kappa shape index (κ2) is 12.5. The lowest BCUT2D eigenvalue weighted by Crippen LogP contribution is -2.58. The normalized spacial score (nSPS) is 21.4. The third kappa shape index (κ3) is 6.49. The van der Waals surface area contributed by atoms with Crippen molar-refractivity contribution in [2.24, 2.45) is 5.92 Å². The topological polar surface area (TPSA) is 74.4 Å². The largest absolute Gasteiger partial charge is 0.497 e. The quantitative estimate of drug-likeness (QED) is 0.553. The minimum atomic E-state index is -0.0795. The molecular formula is C26H40N4O4. The molecule has 2 amide bonds. The number of carbonyl (C=O) groups excluding carboxylic acids is 2. The van der Waals surface area contributed by atoms with Crippen LogP contribution >= 0.6 is 0 Å². The summed E-state index contributed by atoms with van der Waals surface area (Å²) in [6.07, 6.45) is 5.63. The van der Waals surface area contributed by atoms with E-state index in [1.54, 1.807) is 7.11 Å². The predicted octanol–water partition coefficient (Wildman–Crippen LogP) is 1.85. The molecule has 1 aromatic carbocycles. The van der Waals surface area contributed by atoms with Crippen molar-refractivity contribution < 1.29 is 19.1 Å². The molecule has 34 heavy (non-hydrogen) atoms. The molecule has 0 spiro atoms. The lowest BCUT2D eigenvalue weighted by atomic mass is 9.95. The molecule has 3 fully saturated rings. The van der Waals surface area contributed by atoms with E-state index in [2.05, 4.69) is 15.1 Å². The van der Waals surface area contributed by atoms with Gasteiger partial charge >= 0.3 is 0 Å². The van der Waals surface area contributed by atoms with Crippen LogP contribution in [0.1, 0.15) is 42.5 Å². The van der Waals surface area contributed by atoms with Crippen molar-refractivity contribution in [2.75, 3.05) is 72.7 Å². The van der Waals surface area contributed by atoms with E-state index in [0.717, 1.165) is 77.5 Å². The zero-order chi connectivity index (χ0) is 23.8. The molecule has 3 aliphatic rings. The molecule has 0 radical (unpaired) electrons. The molecule has 8 nitrogen and oxygen atoms in total. The first-order chi connectivity index (χ1) is 16.7. The molecule has 0 aromatic heterocycles. The maximum absolute atomic E-state index is 13.3. The Bertz CT molecular complexity index is 782. The Hall–Kier alpha value is -2.16. The fraction of sp³-hybridized carbons (Fsp3) is 0.692. The molecule has 2 saturated heterocycles. The van der Waals surface area contributed by atoms with Gasteiger partial charge in [0.25, 0.3) is 5.91 Å². The number of rotatable bonds is 9. The number of ether oxygens (including phenoxy) is 2. The van der Waals surface area contributed by atoms with Crippen LogP contribution in [-0.2, 0) is 9.53 Å². The number of hydrogen-bond acceptors (Lipinski definition) is 6. The number of carbonyl (C=O) groups is 2. The van der Waals surface area contributed by atoms with Gasteiger partial charge in [-0.15, -0.1) is 0 Å². The maximum Gasteiger partial charge on any atom is 0.253 e. The van der Waals surface area contributed by atoms with Gasteiger partial charge in [0.15, 0.2) is 0 Å². The average molecular weight is 473 g/mol. The van der Waals surface area contributed by atoms with Crippen LogP contribution in [0.4, 0.5) is 0 Å². The first kappa shape index (κ1) is 24.9. The lowest BCUT2D eigenvalue weighted by molar-refractivity contribution is -0.129. The molecule has 4 rings (SSSR count). The van der Waals surface area contributed by atoms with Crippen LogP contribution in [0.5, 0.6) is 5.75 Å². The zero-order valence-electron chi connectivity index (χ0n) is 20.5. The molecule has 1 saturated carbocycles. The van der Waals surface area contributed by atoms with Crippen molar-refractivity contribution in [3.8, 4) is 5.75 Å². The van der Waals surface area contributed by atoms with E-state index in [-0.39, 0.29) is 17.9 Å². The molecule has 1 N–H and O–H groups in total. The van der Waals surface area contributed by atoms with Crippen molar-refractivity contribution >= 4 is 11.8 Å². The van der Waals surface area contributed by atoms with Gasteiger partial charge in [0.1, 0.15) is 5.75 Å². The van der Waals surface area contributed by atoms with Gasteiger partial charge in [-0.3, -0.25) is 19.4 Å². The third-order valence-electron chi connectivity index (χ3n) is 7.50. The van der Waals surface area contributed by atoms with Gasteiger partial charge < -0.3 is 19.7 Å². The highest BCUT2D eigenvalue weighted by atomic mass is 16.5. The Morgan fingerprint density at radius 2 is 1.71 bits per heavy atom. The van der Waals surface area contributed by atoms with Gasteiger partial charge in [0, 0.05) is 51.4 Å². The Morgan fingerprint density at radius 1 is 1.03 bits per heavy atom. The Kier molecular flexibility index (Phi) is 9.18. The summed E-state index contributed by atoms with van der Waals surface area (Å²) in [5.41, 5.74) is 0.680. The van der Waals surface area contributed by atoms with Gasteiger partial charge in [0.05, 0.1) is 26.4 Å². The Morgan fingerprint density at radius 3 is 2.35 bits per heavy atom. The highest BCUT2D eigenvalue weighted by molar-refractivity contribution is 5.94. The number of nitrogens with zero attached hydrogens (tertiary/aromatic N) is 3. The van der Waals surface area contributed by atoms with E-state index >= 15 is 0 Å². The van der Waals surface area contributed by atoms with Crippen molar-refractivity contribution in [3.05, 3.63) is 29.8 Å². The molecule has 188 valence electrons. The number of nitrogens with one attached hydrogen (secondary N) is 1. The van der Waals surface area contributed by atoms with Crippen molar-refractivity contribution in [2.45, 2.75) is 38.1 Å². The Balaban J connectivity index is 1.28. The van der Waals surface area contributed by atoms with E-state index in [9.17, 15) is 9.59 Å². The third-order valence-corrected chi connectivity index (χ3v) is 7.50. The van der Waals surface area contributed by atoms with Crippen LogP contribution in [0.2, 0.25) is 0 Å². The fourth-order valence-electron chi connectivity index (χ4n) is 5.51. The summed E-state index contributed by atoms with van der Waals surface area (Å²) >= 11 is 0. The molecule has 2 aliphatic heterocycles. The summed E-state index contributed by atoms with van der Waals surface area (Å²) in [6, 6.07) is 7.20. The number of methoxy groups -OCH3 is 1. The summed E-state index contributed by atoms with van der Waals surface area (Å²) in [4.78, 5) is 32.9. The highest BCUT2D eigenvalue weighted by Gasteiger charge is 2.37. The standard InChI is InChI=1S/C26H40N4O4/c1-33-23-9-7-22(8-10-23)26(32)30-15-13-29(14-16-30)24(21-5-2-3-6-21)25(31)27-11-4-12-28-17-19-34-20-18-28/h7-10,21,24H,2-6,11-20H2,1H3,(H,27,31). The summed E-state index contributed by atoms with van der Waals surface area (Å²) in [7, 11) is 1.62. The van der Waals surface area contributed by atoms with E-state index in [0.29, 0.717) is 24.6 Å². The van der Waals surface area contributed by atoms with Crippen molar-refractivity contribution in [1.29, 1.82) is 0 Å². The van der Waals surface area contributed by atoms with Crippen LogP contribution in [0.3, 0.4) is 0 Å². The van der Waals surface area contributed by atoms with E-state index in [4.69, 9.17) is 9.47 Å². The monoisotopic (exact) mass is 472 g/mol. The second-order valence-electron chi connectivity index (χ2n) is 9.64. The molecule has 8 heteroatoms. The smallest absolute Gasteiger partial charge is 0.253 e. The highest BCUT2D eigenvalue weighted by Crippen LogP contribution is 2.31. The van der Waals surface area contributed by atoms with Crippen LogP contribution < -0.4 is 10.1 Å². The summed E-state index contributed by atoms with van der Waals surface area (Å²) < 4.78 is 10.6. The molecule has 1 aromatic rings. The van der Waals surface area contributed by atoms with Crippen molar-refractivity contribution in [1.82, 2.24) is 20.0 Å². The maximum atomic E-state index is 13.3. The van der Waals surface area contributed by atoms with E-state index in [1.165, 1.54) is 12.8 Å². The van der Waals surface area contributed by atoms with Crippen LogP contribution in [-0.4, -0.2) is 105 Å². The average Bonchev–Trinajstić information content (AvgIpc) is 3.42. The number of morpholine rings is 1. The predicted molar refractivity (Wildman–Crippen MR) is 131 cm³/mol. The van der Waals surface area contributed by atoms with Gasteiger partial charge in [-0.1, -0.05) is 12.8 Å². The molecule has 1 unspecified atom stereocenters. The minimum absolute atomic E-state index is 0.0484. The molecule has 0 bridgehead atoms.